The molecule has 0 aromatic heterocycles. The predicted molar refractivity (Wildman–Crippen MR) is 110 cm³/mol. The fraction of sp³-hybridized carbons (Fsp3) is 0.650. The molecule has 0 aliphatic heterocycles. The van der Waals surface area contributed by atoms with Gasteiger partial charge in [-0.3, -0.25) is 0 Å². The molecule has 0 amide bonds. The highest BCUT2D eigenvalue weighted by atomic mass is 16.6. The summed E-state index contributed by atoms with van der Waals surface area (Å²) in [6.45, 7) is 6.11. The van der Waals surface area contributed by atoms with Crippen LogP contribution >= 0.6 is 0 Å². The van der Waals surface area contributed by atoms with Crippen molar-refractivity contribution in [1.29, 1.82) is 0 Å². The van der Waals surface area contributed by atoms with Gasteiger partial charge in [0.05, 0.1) is 39.6 Å². The molecule has 0 heterocycles. The van der Waals surface area contributed by atoms with Gasteiger partial charge in [-0.1, -0.05) is 17.2 Å². The summed E-state index contributed by atoms with van der Waals surface area (Å²) < 4.78 is 32.0. The fourth-order valence-corrected chi connectivity index (χ4v) is 2.24. The standard InChI is InChI=1S/C20H31N3O7/c1-2-25-11-12-26-13-14-27-15-16-29-19-8-4-3-7-18(19)20(24)30-10-6-5-9-28-17-22-23-21/h3-4,7-8H,2,5-6,9-17H2,1H3. The van der Waals surface area contributed by atoms with Crippen molar-refractivity contribution in [3.63, 3.8) is 0 Å². The van der Waals surface area contributed by atoms with Gasteiger partial charge in [0.1, 0.15) is 24.7 Å². The third-order valence-corrected chi connectivity index (χ3v) is 3.67. The molecule has 30 heavy (non-hydrogen) atoms. The van der Waals surface area contributed by atoms with Crippen LogP contribution in [0.2, 0.25) is 0 Å². The Balaban J connectivity index is 2.17. The summed E-state index contributed by atoms with van der Waals surface area (Å²) in [5, 5.41) is 3.27. The predicted octanol–water partition coefficient (Wildman–Crippen LogP) is 3.36. The van der Waals surface area contributed by atoms with Crippen molar-refractivity contribution in [2.45, 2.75) is 19.8 Å². The quantitative estimate of drug-likeness (QED) is 0.109. The van der Waals surface area contributed by atoms with E-state index in [1.165, 1.54) is 0 Å². The van der Waals surface area contributed by atoms with Gasteiger partial charge < -0.3 is 28.4 Å². The van der Waals surface area contributed by atoms with E-state index in [9.17, 15) is 4.79 Å². The van der Waals surface area contributed by atoms with Gasteiger partial charge in [0.25, 0.3) is 0 Å². The zero-order valence-electron chi connectivity index (χ0n) is 17.5. The van der Waals surface area contributed by atoms with E-state index in [0.717, 1.165) is 0 Å². The van der Waals surface area contributed by atoms with Crippen molar-refractivity contribution in [2.75, 3.05) is 66.2 Å². The van der Waals surface area contributed by atoms with Gasteiger partial charge in [0, 0.05) is 18.1 Å². The normalized spacial score (nSPS) is 10.4. The second kappa shape index (κ2) is 18.7. The van der Waals surface area contributed by atoms with Gasteiger partial charge in [-0.05, 0) is 37.4 Å². The maximum absolute atomic E-state index is 12.3. The average molecular weight is 425 g/mol. The Morgan fingerprint density at radius 2 is 1.57 bits per heavy atom. The number of hydrogen-bond donors (Lipinski definition) is 0. The van der Waals surface area contributed by atoms with Crippen molar-refractivity contribution in [3.8, 4) is 5.75 Å². The highest BCUT2D eigenvalue weighted by Gasteiger charge is 2.13. The molecule has 168 valence electrons. The van der Waals surface area contributed by atoms with Crippen LogP contribution in [0.5, 0.6) is 5.75 Å². The van der Waals surface area contributed by atoms with E-state index in [1.54, 1.807) is 24.3 Å². The van der Waals surface area contributed by atoms with Gasteiger partial charge in [-0.2, -0.15) is 0 Å². The van der Waals surface area contributed by atoms with Crippen LogP contribution in [0, 0.1) is 0 Å². The van der Waals surface area contributed by atoms with E-state index < -0.39 is 5.97 Å². The number of unbranched alkanes of at least 4 members (excludes halogenated alkanes) is 1. The molecule has 0 N–H and O–H groups in total. The summed E-state index contributed by atoms with van der Waals surface area (Å²) >= 11 is 0. The molecule has 1 rings (SSSR count). The number of azide groups is 1. The van der Waals surface area contributed by atoms with Crippen LogP contribution in [-0.2, 0) is 23.7 Å². The van der Waals surface area contributed by atoms with Crippen LogP contribution in [0.15, 0.2) is 29.4 Å². The summed E-state index contributed by atoms with van der Waals surface area (Å²) in [5.74, 6) is 0.0148. The topological polar surface area (TPSA) is 121 Å². The van der Waals surface area contributed by atoms with E-state index in [0.29, 0.717) is 77.0 Å². The molecule has 0 unspecified atom stereocenters. The largest absolute Gasteiger partial charge is 0.490 e. The third kappa shape index (κ3) is 13.0. The lowest BCUT2D eigenvalue weighted by atomic mass is 10.2. The van der Waals surface area contributed by atoms with E-state index in [4.69, 9.17) is 34.0 Å². The molecule has 1 aromatic carbocycles. The van der Waals surface area contributed by atoms with Crippen LogP contribution in [0.1, 0.15) is 30.1 Å². The molecule has 1 aromatic rings. The molecular weight excluding hydrogens is 394 g/mol. The fourth-order valence-electron chi connectivity index (χ4n) is 2.24. The van der Waals surface area contributed by atoms with Crippen molar-refractivity contribution < 1.29 is 33.2 Å². The van der Waals surface area contributed by atoms with Crippen LogP contribution in [0.3, 0.4) is 0 Å². The van der Waals surface area contributed by atoms with Crippen LogP contribution in [0.4, 0.5) is 0 Å². The number of hydrogen-bond acceptors (Lipinski definition) is 8. The summed E-state index contributed by atoms with van der Waals surface area (Å²) in [6, 6.07) is 6.92. The summed E-state index contributed by atoms with van der Waals surface area (Å²) in [6.07, 6.45) is 1.34. The Hall–Kier alpha value is -2.36. The van der Waals surface area contributed by atoms with E-state index >= 15 is 0 Å². The minimum atomic E-state index is -0.441. The first kappa shape index (κ1) is 25.7. The molecule has 0 bridgehead atoms. The van der Waals surface area contributed by atoms with Gasteiger partial charge in [-0.15, -0.1) is 0 Å². The van der Waals surface area contributed by atoms with Crippen LogP contribution in [-0.4, -0.2) is 72.2 Å². The lowest BCUT2D eigenvalue weighted by molar-refractivity contribution is 0.0112. The molecule has 0 saturated carbocycles. The maximum atomic E-state index is 12.3. The summed E-state index contributed by atoms with van der Waals surface area (Å²) in [7, 11) is 0. The zero-order valence-corrected chi connectivity index (χ0v) is 17.5. The monoisotopic (exact) mass is 425 g/mol. The first-order valence-corrected chi connectivity index (χ1v) is 10.00. The highest BCUT2D eigenvalue weighted by molar-refractivity contribution is 5.92. The van der Waals surface area contributed by atoms with Crippen molar-refractivity contribution >= 4 is 5.97 Å². The number of para-hydroxylation sites is 1. The molecule has 0 saturated heterocycles. The van der Waals surface area contributed by atoms with E-state index in [1.807, 2.05) is 6.92 Å². The van der Waals surface area contributed by atoms with E-state index in [-0.39, 0.29) is 13.3 Å². The second-order valence-electron chi connectivity index (χ2n) is 5.88. The number of esters is 1. The smallest absolute Gasteiger partial charge is 0.341 e. The van der Waals surface area contributed by atoms with Crippen LogP contribution < -0.4 is 4.74 Å². The minimum absolute atomic E-state index is 0.00561. The van der Waals surface area contributed by atoms with Crippen LogP contribution in [0.25, 0.3) is 10.4 Å². The lowest BCUT2D eigenvalue weighted by Crippen LogP contribution is -2.14. The average Bonchev–Trinajstić information content (AvgIpc) is 2.77. The molecule has 10 nitrogen and oxygen atoms in total. The molecule has 0 fully saturated rings. The Bertz CT molecular complexity index is 624. The Labute approximate surface area is 177 Å². The first-order valence-electron chi connectivity index (χ1n) is 10.00. The highest BCUT2D eigenvalue weighted by Crippen LogP contribution is 2.19. The number of nitrogens with zero attached hydrogens (tertiary/aromatic N) is 3. The Morgan fingerprint density at radius 1 is 0.900 bits per heavy atom. The lowest BCUT2D eigenvalue weighted by Gasteiger charge is -2.11. The molecule has 0 radical (unpaired) electrons. The molecule has 0 aliphatic rings. The molecule has 0 spiro atoms. The minimum Gasteiger partial charge on any atom is -0.490 e. The van der Waals surface area contributed by atoms with Gasteiger partial charge in [0.2, 0.25) is 0 Å². The number of carbonyl (C=O) groups is 1. The van der Waals surface area contributed by atoms with Gasteiger partial charge in [0.15, 0.2) is 0 Å². The Kier molecular flexibility index (Phi) is 16.0. The number of ether oxygens (including phenoxy) is 6. The molecule has 0 atom stereocenters. The van der Waals surface area contributed by atoms with Gasteiger partial charge >= 0.3 is 5.97 Å². The van der Waals surface area contributed by atoms with Crippen molar-refractivity contribution in [3.05, 3.63) is 40.3 Å². The van der Waals surface area contributed by atoms with E-state index in [2.05, 4.69) is 10.0 Å². The second-order valence-corrected chi connectivity index (χ2v) is 5.88. The summed E-state index contributed by atoms with van der Waals surface area (Å²) in [5.41, 5.74) is 8.50. The Morgan fingerprint density at radius 3 is 2.30 bits per heavy atom. The van der Waals surface area contributed by atoms with Crippen molar-refractivity contribution in [2.24, 2.45) is 5.11 Å². The number of benzene rings is 1. The SMILES string of the molecule is CCOCCOCCOCCOc1ccccc1C(=O)OCCCCOCN=[N+]=[N-]. The summed E-state index contributed by atoms with van der Waals surface area (Å²) in [4.78, 5) is 14.9. The van der Waals surface area contributed by atoms with Gasteiger partial charge in [-0.25, -0.2) is 4.79 Å². The molecule has 0 aliphatic carbocycles. The molecule has 10 heteroatoms. The first-order chi connectivity index (χ1) is 14.8. The zero-order chi connectivity index (χ0) is 21.7. The van der Waals surface area contributed by atoms with Crippen molar-refractivity contribution in [1.82, 2.24) is 0 Å². The maximum Gasteiger partial charge on any atom is 0.341 e. The molecular formula is C20H31N3O7. The number of carbonyl (C=O) groups excluding carboxylic acids is 1. The third-order valence-electron chi connectivity index (χ3n) is 3.67. The number of rotatable bonds is 19.